The first kappa shape index (κ1) is 12.1. The van der Waals surface area contributed by atoms with Crippen LogP contribution in [0.25, 0.3) is 0 Å². The third-order valence-electron chi connectivity index (χ3n) is 2.11. The molecule has 4 nitrogen and oxygen atoms in total. The number of hydrogen-bond acceptors (Lipinski definition) is 4. The van der Waals surface area contributed by atoms with Gasteiger partial charge in [0.1, 0.15) is 0 Å². The molecule has 0 radical (unpaired) electrons. The average Bonchev–Trinajstić information content (AvgIpc) is 2.61. The van der Waals surface area contributed by atoms with Crippen LogP contribution in [0.4, 0.5) is 0 Å². The van der Waals surface area contributed by atoms with Crippen molar-refractivity contribution < 1.29 is 4.79 Å². The van der Waals surface area contributed by atoms with Gasteiger partial charge in [-0.1, -0.05) is 35.5 Å². The first-order valence-electron chi connectivity index (χ1n) is 4.99. The quantitative estimate of drug-likeness (QED) is 0.660. The molecule has 1 aliphatic rings. The van der Waals surface area contributed by atoms with Crippen molar-refractivity contribution in [1.29, 1.82) is 0 Å². The van der Waals surface area contributed by atoms with E-state index in [4.69, 9.17) is 11.6 Å². The number of benzene rings is 1. The van der Waals surface area contributed by atoms with Crippen LogP contribution in [-0.4, -0.2) is 22.5 Å². The number of nitrogens with zero attached hydrogens (tertiary/aromatic N) is 2. The molecule has 0 aliphatic carbocycles. The molecule has 1 N–H and O–H groups in total. The van der Waals surface area contributed by atoms with E-state index in [1.54, 1.807) is 18.3 Å². The fourth-order valence-electron chi connectivity index (χ4n) is 1.20. The molecule has 1 amide bonds. The number of rotatable bonds is 2. The summed E-state index contributed by atoms with van der Waals surface area (Å²) in [7, 11) is 0. The van der Waals surface area contributed by atoms with Crippen molar-refractivity contribution in [2.75, 3.05) is 0 Å². The predicted octanol–water partition coefficient (Wildman–Crippen LogP) is 2.28. The van der Waals surface area contributed by atoms with Gasteiger partial charge in [0.05, 0.1) is 11.5 Å². The molecular formula is C11H10ClN3OS. The summed E-state index contributed by atoms with van der Waals surface area (Å²) < 4.78 is 0. The second kappa shape index (κ2) is 5.33. The molecule has 6 heteroatoms. The van der Waals surface area contributed by atoms with Gasteiger partial charge in [0.15, 0.2) is 5.17 Å². The van der Waals surface area contributed by atoms with Crippen LogP contribution < -0.4 is 5.32 Å². The largest absolute Gasteiger partial charge is 0.303 e. The van der Waals surface area contributed by atoms with E-state index in [9.17, 15) is 4.79 Å². The zero-order chi connectivity index (χ0) is 12.3. The summed E-state index contributed by atoms with van der Waals surface area (Å²) in [6, 6.07) is 7.25. The summed E-state index contributed by atoms with van der Waals surface area (Å²) in [5.74, 6) is -0.0320. The molecular weight excluding hydrogens is 258 g/mol. The van der Waals surface area contributed by atoms with E-state index in [2.05, 4.69) is 15.5 Å². The average molecular weight is 268 g/mol. The van der Waals surface area contributed by atoms with E-state index in [1.807, 2.05) is 19.1 Å². The minimum Gasteiger partial charge on any atom is -0.303 e. The summed E-state index contributed by atoms with van der Waals surface area (Å²) in [4.78, 5) is 11.2. The molecule has 1 unspecified atom stereocenters. The fourth-order valence-corrected chi connectivity index (χ4v) is 2.08. The lowest BCUT2D eigenvalue weighted by atomic mass is 10.2. The van der Waals surface area contributed by atoms with Gasteiger partial charge in [0, 0.05) is 5.02 Å². The Morgan fingerprint density at radius 1 is 1.41 bits per heavy atom. The summed E-state index contributed by atoms with van der Waals surface area (Å²) in [6.07, 6.45) is 1.61. The van der Waals surface area contributed by atoms with Crippen molar-refractivity contribution in [1.82, 2.24) is 5.32 Å². The minimum atomic E-state index is -0.0977. The second-order valence-electron chi connectivity index (χ2n) is 3.45. The van der Waals surface area contributed by atoms with E-state index in [0.29, 0.717) is 10.2 Å². The van der Waals surface area contributed by atoms with Crippen molar-refractivity contribution in [2.24, 2.45) is 10.2 Å². The Kier molecular flexibility index (Phi) is 3.81. The number of carbonyl (C=O) groups excluding carboxylic acids is 1. The molecule has 1 aliphatic heterocycles. The first-order chi connectivity index (χ1) is 8.15. The smallest absolute Gasteiger partial charge is 0.239 e. The van der Waals surface area contributed by atoms with Crippen molar-refractivity contribution >= 4 is 40.7 Å². The van der Waals surface area contributed by atoms with E-state index < -0.39 is 0 Å². The van der Waals surface area contributed by atoms with Crippen LogP contribution in [0.2, 0.25) is 5.02 Å². The monoisotopic (exact) mass is 267 g/mol. The van der Waals surface area contributed by atoms with Crippen LogP contribution in [0.15, 0.2) is 34.5 Å². The van der Waals surface area contributed by atoms with Gasteiger partial charge in [0.2, 0.25) is 5.91 Å². The minimum absolute atomic E-state index is 0.0320. The van der Waals surface area contributed by atoms with Gasteiger partial charge in [-0.3, -0.25) is 4.79 Å². The number of thioether (sulfide) groups is 1. The molecule has 0 bridgehead atoms. The molecule has 1 saturated heterocycles. The first-order valence-corrected chi connectivity index (χ1v) is 6.25. The predicted molar refractivity (Wildman–Crippen MR) is 71.7 cm³/mol. The number of amides is 1. The van der Waals surface area contributed by atoms with Gasteiger partial charge in [-0.2, -0.15) is 5.10 Å². The fraction of sp³-hybridized carbons (Fsp3) is 0.182. The zero-order valence-corrected chi connectivity index (χ0v) is 10.6. The number of hydrogen-bond donors (Lipinski definition) is 1. The molecule has 1 heterocycles. The van der Waals surface area contributed by atoms with Gasteiger partial charge in [0.25, 0.3) is 0 Å². The molecule has 17 heavy (non-hydrogen) atoms. The Morgan fingerprint density at radius 2 is 2.12 bits per heavy atom. The zero-order valence-electron chi connectivity index (χ0n) is 9.05. The van der Waals surface area contributed by atoms with Gasteiger partial charge >= 0.3 is 0 Å². The number of carbonyl (C=O) groups is 1. The Morgan fingerprint density at radius 3 is 2.71 bits per heavy atom. The Balaban J connectivity index is 2.00. The van der Waals surface area contributed by atoms with E-state index in [0.717, 1.165) is 5.56 Å². The summed E-state index contributed by atoms with van der Waals surface area (Å²) in [6.45, 7) is 1.82. The molecule has 88 valence electrons. The Hall–Kier alpha value is -1.33. The third-order valence-corrected chi connectivity index (χ3v) is 3.34. The van der Waals surface area contributed by atoms with Crippen LogP contribution >= 0.6 is 23.4 Å². The lowest BCUT2D eigenvalue weighted by Gasteiger charge is -1.92. The second-order valence-corrected chi connectivity index (χ2v) is 5.22. The third kappa shape index (κ3) is 3.31. The number of halogens is 1. The van der Waals surface area contributed by atoms with Crippen molar-refractivity contribution in [3.8, 4) is 0 Å². The van der Waals surface area contributed by atoms with Crippen LogP contribution in [0.1, 0.15) is 12.5 Å². The van der Waals surface area contributed by atoms with Crippen LogP contribution in [0.5, 0.6) is 0 Å². The normalized spacial score (nSPS) is 22.4. The molecule has 1 fully saturated rings. The highest BCUT2D eigenvalue weighted by Crippen LogP contribution is 2.18. The maximum Gasteiger partial charge on any atom is 0.239 e. The molecule has 0 saturated carbocycles. The summed E-state index contributed by atoms with van der Waals surface area (Å²) >= 11 is 7.12. The highest BCUT2D eigenvalue weighted by molar-refractivity contribution is 8.15. The standard InChI is InChI=1S/C11H10ClN3OS/c1-7-10(16)14-11(17-7)15-13-6-8-2-4-9(12)5-3-8/h2-7H,1H3,(H,14,15,16)/b13-6+. The molecule has 0 spiro atoms. The molecule has 1 atom stereocenters. The maximum atomic E-state index is 11.2. The van der Waals surface area contributed by atoms with E-state index in [-0.39, 0.29) is 11.2 Å². The van der Waals surface area contributed by atoms with Crippen LogP contribution in [0, 0.1) is 0 Å². The Bertz CT molecular complexity index is 484. The highest BCUT2D eigenvalue weighted by atomic mass is 35.5. The van der Waals surface area contributed by atoms with Gasteiger partial charge < -0.3 is 5.32 Å². The Labute approximate surface area is 108 Å². The summed E-state index contributed by atoms with van der Waals surface area (Å²) in [5.41, 5.74) is 0.904. The lowest BCUT2D eigenvalue weighted by molar-refractivity contribution is -0.118. The lowest BCUT2D eigenvalue weighted by Crippen LogP contribution is -2.23. The van der Waals surface area contributed by atoms with E-state index in [1.165, 1.54) is 11.8 Å². The van der Waals surface area contributed by atoms with Crippen molar-refractivity contribution in [2.45, 2.75) is 12.2 Å². The van der Waals surface area contributed by atoms with E-state index >= 15 is 0 Å². The molecule has 2 rings (SSSR count). The highest BCUT2D eigenvalue weighted by Gasteiger charge is 2.25. The maximum absolute atomic E-state index is 11.2. The van der Waals surface area contributed by atoms with Gasteiger partial charge in [-0.05, 0) is 24.6 Å². The summed E-state index contributed by atoms with van der Waals surface area (Å²) in [5, 5.41) is 11.6. The van der Waals surface area contributed by atoms with Crippen molar-refractivity contribution in [3.05, 3.63) is 34.9 Å². The molecule has 0 aromatic heterocycles. The molecule has 1 aromatic carbocycles. The van der Waals surface area contributed by atoms with Crippen LogP contribution in [0.3, 0.4) is 0 Å². The topological polar surface area (TPSA) is 53.8 Å². The van der Waals surface area contributed by atoms with Crippen molar-refractivity contribution in [3.63, 3.8) is 0 Å². The number of amidine groups is 1. The van der Waals surface area contributed by atoms with Gasteiger partial charge in [-0.15, -0.1) is 5.10 Å². The van der Waals surface area contributed by atoms with Gasteiger partial charge in [-0.25, -0.2) is 0 Å². The van der Waals surface area contributed by atoms with Crippen LogP contribution in [-0.2, 0) is 4.79 Å². The SMILES string of the molecule is CC1S/C(=N/N=C/c2ccc(Cl)cc2)NC1=O. The molecule has 1 aromatic rings. The number of nitrogens with one attached hydrogen (secondary N) is 1.